The van der Waals surface area contributed by atoms with E-state index >= 15 is 0 Å². The van der Waals surface area contributed by atoms with E-state index in [2.05, 4.69) is 5.10 Å². The van der Waals surface area contributed by atoms with Gasteiger partial charge in [-0.1, -0.05) is 6.07 Å². The zero-order valence-electron chi connectivity index (χ0n) is 11.5. The highest BCUT2D eigenvalue weighted by Crippen LogP contribution is 2.23. The van der Waals surface area contributed by atoms with E-state index in [0.29, 0.717) is 12.2 Å². The van der Waals surface area contributed by atoms with Crippen LogP contribution in [-0.4, -0.2) is 16.8 Å². The summed E-state index contributed by atoms with van der Waals surface area (Å²) in [6.07, 6.45) is 3.70. The van der Waals surface area contributed by atoms with Crippen LogP contribution in [-0.2, 0) is 13.6 Å². The quantitative estimate of drug-likeness (QED) is 0.919. The van der Waals surface area contributed by atoms with Crippen molar-refractivity contribution in [1.82, 2.24) is 9.78 Å². The molecule has 1 aromatic heterocycles. The normalized spacial score (nSPS) is 12.5. The van der Waals surface area contributed by atoms with Crippen LogP contribution in [0.5, 0.6) is 0 Å². The molecule has 0 aliphatic carbocycles. The largest absolute Gasteiger partial charge is 0.368 e. The summed E-state index contributed by atoms with van der Waals surface area (Å²) in [5.74, 6) is -0.249. The van der Waals surface area contributed by atoms with Crippen molar-refractivity contribution in [3.8, 4) is 0 Å². The van der Waals surface area contributed by atoms with Crippen LogP contribution in [0.4, 0.5) is 10.1 Å². The molecule has 0 aliphatic rings. The number of nitrogens with two attached hydrogens (primary N) is 1. The predicted octanol–water partition coefficient (Wildman–Crippen LogP) is 2.22. The van der Waals surface area contributed by atoms with Crippen LogP contribution in [0.3, 0.4) is 0 Å². The first-order chi connectivity index (χ1) is 8.97. The summed E-state index contributed by atoms with van der Waals surface area (Å²) >= 11 is 0. The summed E-state index contributed by atoms with van der Waals surface area (Å²) in [5.41, 5.74) is 8.15. The van der Waals surface area contributed by atoms with Gasteiger partial charge in [0.25, 0.3) is 0 Å². The molecule has 102 valence electrons. The Morgan fingerprint density at radius 2 is 2.21 bits per heavy atom. The number of anilines is 1. The van der Waals surface area contributed by atoms with Gasteiger partial charge >= 0.3 is 0 Å². The third kappa shape index (κ3) is 3.12. The van der Waals surface area contributed by atoms with E-state index in [1.165, 1.54) is 6.07 Å². The minimum atomic E-state index is -0.249. The minimum absolute atomic E-state index is 0.160. The first kappa shape index (κ1) is 13.5. The van der Waals surface area contributed by atoms with Crippen molar-refractivity contribution in [3.63, 3.8) is 0 Å². The maximum atomic E-state index is 14.1. The van der Waals surface area contributed by atoms with E-state index < -0.39 is 0 Å². The monoisotopic (exact) mass is 262 g/mol. The van der Waals surface area contributed by atoms with Gasteiger partial charge < -0.3 is 10.6 Å². The van der Waals surface area contributed by atoms with Crippen LogP contribution in [0.1, 0.15) is 24.1 Å². The van der Waals surface area contributed by atoms with Gasteiger partial charge in [-0.2, -0.15) is 5.10 Å². The fourth-order valence-electron chi connectivity index (χ4n) is 2.03. The zero-order chi connectivity index (χ0) is 14.0. The first-order valence-corrected chi connectivity index (χ1v) is 6.21. The van der Waals surface area contributed by atoms with Gasteiger partial charge in [-0.05, 0) is 24.6 Å². The van der Waals surface area contributed by atoms with Crippen molar-refractivity contribution < 1.29 is 4.39 Å². The van der Waals surface area contributed by atoms with Gasteiger partial charge in [0.2, 0.25) is 0 Å². The lowest BCUT2D eigenvalue weighted by molar-refractivity contribution is 0.617. The summed E-state index contributed by atoms with van der Waals surface area (Å²) in [4.78, 5) is 1.86. The molecule has 2 N–H and O–H groups in total. The molecule has 0 aliphatic heterocycles. The third-order valence-corrected chi connectivity index (χ3v) is 3.09. The van der Waals surface area contributed by atoms with E-state index in [0.717, 1.165) is 11.1 Å². The summed E-state index contributed by atoms with van der Waals surface area (Å²) in [5, 5.41) is 4.10. The Morgan fingerprint density at radius 3 is 2.74 bits per heavy atom. The predicted molar refractivity (Wildman–Crippen MR) is 74.3 cm³/mol. The summed E-state index contributed by atoms with van der Waals surface area (Å²) < 4.78 is 15.8. The van der Waals surface area contributed by atoms with E-state index in [9.17, 15) is 4.39 Å². The van der Waals surface area contributed by atoms with Crippen molar-refractivity contribution in [1.29, 1.82) is 0 Å². The number of hydrogen-bond acceptors (Lipinski definition) is 3. The molecule has 0 bridgehead atoms. The highest BCUT2D eigenvalue weighted by Gasteiger charge is 2.11. The van der Waals surface area contributed by atoms with Crippen molar-refractivity contribution in [3.05, 3.63) is 47.5 Å². The smallest absolute Gasteiger partial charge is 0.146 e. The number of rotatable bonds is 4. The molecule has 1 aromatic carbocycles. The molecule has 2 aromatic rings. The molecule has 0 amide bonds. The van der Waals surface area contributed by atoms with Gasteiger partial charge in [0.15, 0.2) is 0 Å². The van der Waals surface area contributed by atoms with Crippen LogP contribution < -0.4 is 10.6 Å². The Balaban J connectivity index is 2.17. The van der Waals surface area contributed by atoms with E-state index in [-0.39, 0.29) is 11.9 Å². The number of aromatic nitrogens is 2. The second-order valence-corrected chi connectivity index (χ2v) is 4.88. The zero-order valence-corrected chi connectivity index (χ0v) is 11.5. The number of benzene rings is 1. The van der Waals surface area contributed by atoms with E-state index in [1.54, 1.807) is 16.9 Å². The molecule has 5 heteroatoms. The molecular formula is C14H19FN4. The Hall–Kier alpha value is -1.88. The first-order valence-electron chi connectivity index (χ1n) is 6.21. The Kier molecular flexibility index (Phi) is 3.85. The molecule has 0 radical (unpaired) electrons. The number of halogens is 1. The standard InChI is InChI=1S/C14H19FN4/c1-10(16)12-4-5-14(13(15)6-12)18(2)8-11-7-17-19(3)9-11/h4-7,9-10H,8,16H2,1-3H3. The van der Waals surface area contributed by atoms with Gasteiger partial charge in [-0.25, -0.2) is 4.39 Å². The lowest BCUT2D eigenvalue weighted by Crippen LogP contribution is -2.18. The molecule has 4 nitrogen and oxygen atoms in total. The average Bonchev–Trinajstić information content (AvgIpc) is 2.74. The molecule has 0 fully saturated rings. The van der Waals surface area contributed by atoms with Gasteiger partial charge in [0.05, 0.1) is 11.9 Å². The number of nitrogens with zero attached hydrogens (tertiary/aromatic N) is 3. The maximum absolute atomic E-state index is 14.1. The average molecular weight is 262 g/mol. The van der Waals surface area contributed by atoms with Crippen LogP contribution in [0, 0.1) is 5.82 Å². The molecule has 1 atom stereocenters. The lowest BCUT2D eigenvalue weighted by atomic mass is 10.1. The van der Waals surface area contributed by atoms with Crippen LogP contribution >= 0.6 is 0 Å². The number of hydrogen-bond donors (Lipinski definition) is 1. The van der Waals surface area contributed by atoms with Gasteiger partial charge in [0, 0.05) is 38.4 Å². The fourth-order valence-corrected chi connectivity index (χ4v) is 2.03. The fraction of sp³-hybridized carbons (Fsp3) is 0.357. The van der Waals surface area contributed by atoms with Crippen molar-refractivity contribution >= 4 is 5.69 Å². The molecule has 0 spiro atoms. The molecule has 19 heavy (non-hydrogen) atoms. The van der Waals surface area contributed by atoms with E-state index in [1.807, 2.05) is 38.2 Å². The topological polar surface area (TPSA) is 47.1 Å². The van der Waals surface area contributed by atoms with Crippen LogP contribution in [0.25, 0.3) is 0 Å². The Bertz CT molecular complexity index is 562. The number of aryl methyl sites for hydroxylation is 1. The second-order valence-electron chi connectivity index (χ2n) is 4.88. The maximum Gasteiger partial charge on any atom is 0.146 e. The molecule has 2 rings (SSSR count). The molecule has 1 heterocycles. The van der Waals surface area contributed by atoms with E-state index in [4.69, 9.17) is 5.73 Å². The summed E-state index contributed by atoms with van der Waals surface area (Å²) in [7, 11) is 3.72. The van der Waals surface area contributed by atoms with Crippen LogP contribution in [0.2, 0.25) is 0 Å². The van der Waals surface area contributed by atoms with Crippen molar-refractivity contribution in [2.45, 2.75) is 19.5 Å². The molecule has 1 unspecified atom stereocenters. The Morgan fingerprint density at radius 1 is 1.47 bits per heavy atom. The Labute approximate surface area is 112 Å². The summed E-state index contributed by atoms with van der Waals surface area (Å²) in [6, 6.07) is 4.97. The molecule has 0 saturated carbocycles. The highest BCUT2D eigenvalue weighted by molar-refractivity contribution is 5.49. The summed E-state index contributed by atoms with van der Waals surface area (Å²) in [6.45, 7) is 2.45. The molecule has 0 saturated heterocycles. The van der Waals surface area contributed by atoms with Gasteiger partial charge in [-0.3, -0.25) is 4.68 Å². The second kappa shape index (κ2) is 5.40. The van der Waals surface area contributed by atoms with Gasteiger partial charge in [-0.15, -0.1) is 0 Å². The highest BCUT2D eigenvalue weighted by atomic mass is 19.1. The lowest BCUT2D eigenvalue weighted by Gasteiger charge is -2.20. The SMILES string of the molecule is CC(N)c1ccc(N(C)Cc2cnn(C)c2)c(F)c1. The van der Waals surface area contributed by atoms with Crippen LogP contribution in [0.15, 0.2) is 30.6 Å². The molecular weight excluding hydrogens is 243 g/mol. The third-order valence-electron chi connectivity index (χ3n) is 3.09. The van der Waals surface area contributed by atoms with Crippen molar-refractivity contribution in [2.24, 2.45) is 12.8 Å². The van der Waals surface area contributed by atoms with Gasteiger partial charge in [0.1, 0.15) is 5.82 Å². The minimum Gasteiger partial charge on any atom is -0.368 e. The van der Waals surface area contributed by atoms with Crippen molar-refractivity contribution in [2.75, 3.05) is 11.9 Å².